The molecule has 2 amide bonds. The number of amides is 2. The zero-order valence-corrected chi connectivity index (χ0v) is 10.5. The van der Waals surface area contributed by atoms with Crippen molar-refractivity contribution in [2.45, 2.75) is 6.92 Å². The first-order valence-electron chi connectivity index (χ1n) is 5.22. The standard InChI is InChI=1S/C10H10N4O6/c1-6-5-7(10(16)12(2)14(19)20)3-4-8(6)9(15)11-13(17)18/h3-5H,1-2H3,(H,11,15). The normalized spacial score (nSPS) is 9.70. The lowest BCUT2D eigenvalue weighted by atomic mass is 10.0. The minimum atomic E-state index is -0.999. The van der Waals surface area contributed by atoms with E-state index < -0.39 is 21.9 Å². The highest BCUT2D eigenvalue weighted by Crippen LogP contribution is 2.13. The van der Waals surface area contributed by atoms with Crippen molar-refractivity contribution in [2.24, 2.45) is 0 Å². The molecule has 0 aromatic heterocycles. The van der Waals surface area contributed by atoms with Gasteiger partial charge in [-0.2, -0.15) is 0 Å². The Bertz CT molecular complexity index is 599. The maximum Gasteiger partial charge on any atom is 0.313 e. The van der Waals surface area contributed by atoms with Crippen LogP contribution in [0.25, 0.3) is 0 Å². The van der Waals surface area contributed by atoms with E-state index in [2.05, 4.69) is 0 Å². The van der Waals surface area contributed by atoms with Gasteiger partial charge >= 0.3 is 11.8 Å². The third kappa shape index (κ3) is 3.25. The molecule has 10 heteroatoms. The number of benzene rings is 1. The van der Waals surface area contributed by atoms with E-state index in [1.54, 1.807) is 0 Å². The van der Waals surface area contributed by atoms with Gasteiger partial charge in [-0.05, 0) is 30.7 Å². The largest absolute Gasteiger partial charge is 0.313 e. The summed E-state index contributed by atoms with van der Waals surface area (Å²) in [6.07, 6.45) is 0. The fourth-order valence-corrected chi connectivity index (χ4v) is 1.46. The van der Waals surface area contributed by atoms with Crippen LogP contribution in [0, 0.1) is 27.2 Å². The van der Waals surface area contributed by atoms with E-state index in [1.165, 1.54) is 30.5 Å². The lowest BCUT2D eigenvalue weighted by Gasteiger charge is -2.08. The number of nitrogens with one attached hydrogen (secondary N) is 1. The predicted molar refractivity (Wildman–Crippen MR) is 64.7 cm³/mol. The van der Waals surface area contributed by atoms with Crippen LogP contribution in [0.1, 0.15) is 26.3 Å². The molecule has 0 saturated heterocycles. The summed E-state index contributed by atoms with van der Waals surface area (Å²) in [5, 5.41) is 19.1. The van der Waals surface area contributed by atoms with Crippen LogP contribution >= 0.6 is 0 Å². The molecule has 0 aliphatic rings. The summed E-state index contributed by atoms with van der Waals surface area (Å²) in [6, 6.07) is 3.62. The topological polar surface area (TPSA) is 136 Å². The molecule has 106 valence electrons. The van der Waals surface area contributed by atoms with Gasteiger partial charge in [0.1, 0.15) is 0 Å². The van der Waals surface area contributed by atoms with E-state index in [0.717, 1.165) is 7.05 Å². The minimum absolute atomic E-state index is 0.000599. The smallest absolute Gasteiger partial charge is 0.263 e. The molecule has 10 nitrogen and oxygen atoms in total. The number of rotatable bonds is 4. The molecule has 1 aromatic rings. The van der Waals surface area contributed by atoms with Crippen LogP contribution < -0.4 is 5.43 Å². The third-order valence-electron chi connectivity index (χ3n) is 2.45. The van der Waals surface area contributed by atoms with E-state index in [9.17, 15) is 29.8 Å². The van der Waals surface area contributed by atoms with Gasteiger partial charge in [-0.15, -0.1) is 0 Å². The van der Waals surface area contributed by atoms with Gasteiger partial charge in [0, 0.05) is 11.1 Å². The van der Waals surface area contributed by atoms with Crippen molar-refractivity contribution >= 4 is 11.8 Å². The second-order valence-electron chi connectivity index (χ2n) is 3.79. The summed E-state index contributed by atoms with van der Waals surface area (Å²) in [6.45, 7) is 1.46. The average molecular weight is 282 g/mol. The summed E-state index contributed by atoms with van der Waals surface area (Å²) >= 11 is 0. The first kappa shape index (κ1) is 15.0. The van der Waals surface area contributed by atoms with E-state index in [1.807, 2.05) is 0 Å². The number of nitrogens with zero attached hydrogens (tertiary/aromatic N) is 3. The summed E-state index contributed by atoms with van der Waals surface area (Å²) < 4.78 is 0. The van der Waals surface area contributed by atoms with Gasteiger partial charge in [-0.1, -0.05) is 10.4 Å². The number of aryl methyl sites for hydroxylation is 1. The highest BCUT2D eigenvalue weighted by Gasteiger charge is 2.22. The Morgan fingerprint density at radius 3 is 2.30 bits per heavy atom. The third-order valence-corrected chi connectivity index (χ3v) is 2.45. The van der Waals surface area contributed by atoms with Crippen molar-refractivity contribution in [3.63, 3.8) is 0 Å². The quantitative estimate of drug-likeness (QED) is 0.618. The van der Waals surface area contributed by atoms with Crippen LogP contribution in [0.2, 0.25) is 0 Å². The van der Waals surface area contributed by atoms with Gasteiger partial charge in [0.15, 0.2) is 10.1 Å². The number of carbonyl (C=O) groups excluding carboxylic acids is 2. The van der Waals surface area contributed by atoms with E-state index in [4.69, 9.17) is 0 Å². The molecule has 0 spiro atoms. The highest BCUT2D eigenvalue weighted by molar-refractivity contribution is 5.98. The zero-order chi connectivity index (χ0) is 15.4. The molecule has 1 aromatic carbocycles. The molecule has 0 saturated carbocycles. The Kier molecular flexibility index (Phi) is 4.31. The van der Waals surface area contributed by atoms with Gasteiger partial charge in [-0.3, -0.25) is 9.59 Å². The molecule has 1 N–H and O–H groups in total. The summed E-state index contributed by atoms with van der Waals surface area (Å²) in [5.41, 5.74) is 1.75. The first-order valence-corrected chi connectivity index (χ1v) is 5.22. The Balaban J connectivity index is 3.05. The van der Waals surface area contributed by atoms with Crippen molar-refractivity contribution in [2.75, 3.05) is 7.05 Å². The number of carbonyl (C=O) groups is 2. The number of hydrogen-bond acceptors (Lipinski definition) is 6. The summed E-state index contributed by atoms with van der Waals surface area (Å²) in [7, 11) is 0.991. The number of hydrazine groups is 2. The fraction of sp³-hybridized carbons (Fsp3) is 0.200. The second-order valence-corrected chi connectivity index (χ2v) is 3.79. The second kappa shape index (κ2) is 5.73. The van der Waals surface area contributed by atoms with Crippen molar-refractivity contribution in [3.8, 4) is 0 Å². The van der Waals surface area contributed by atoms with Crippen LogP contribution in [-0.4, -0.2) is 33.9 Å². The fourth-order valence-electron chi connectivity index (χ4n) is 1.46. The molecule has 1 rings (SSSR count). The predicted octanol–water partition coefficient (Wildman–Crippen LogP) is 0.180. The number of hydrogen-bond donors (Lipinski definition) is 1. The monoisotopic (exact) mass is 282 g/mol. The zero-order valence-electron chi connectivity index (χ0n) is 10.5. The molecule has 0 radical (unpaired) electrons. The van der Waals surface area contributed by atoms with Crippen molar-refractivity contribution < 1.29 is 19.7 Å². The van der Waals surface area contributed by atoms with Gasteiger partial charge in [-0.25, -0.2) is 20.2 Å². The van der Waals surface area contributed by atoms with E-state index >= 15 is 0 Å². The van der Waals surface area contributed by atoms with Crippen molar-refractivity contribution in [3.05, 3.63) is 55.1 Å². The molecule has 0 fully saturated rings. The maximum atomic E-state index is 11.7. The van der Waals surface area contributed by atoms with Gasteiger partial charge in [0.05, 0.1) is 7.05 Å². The number of nitro groups is 2. The molecule has 0 bridgehead atoms. The SMILES string of the molecule is Cc1cc(C(=O)N(C)[N+](=O)[O-])ccc1C(=O)N[N+](=O)[O-]. The molecular weight excluding hydrogens is 272 g/mol. The Labute approximate surface area is 112 Å². The van der Waals surface area contributed by atoms with Gasteiger partial charge in [0.25, 0.3) is 0 Å². The molecule has 0 aliphatic carbocycles. The van der Waals surface area contributed by atoms with Crippen molar-refractivity contribution in [1.82, 2.24) is 10.4 Å². The van der Waals surface area contributed by atoms with Gasteiger partial charge < -0.3 is 0 Å². The molecule has 0 unspecified atom stereocenters. The molecule has 0 atom stereocenters. The lowest BCUT2D eigenvalue weighted by Crippen LogP contribution is -2.32. The van der Waals surface area contributed by atoms with E-state index in [-0.39, 0.29) is 16.7 Å². The van der Waals surface area contributed by atoms with E-state index in [0.29, 0.717) is 5.01 Å². The van der Waals surface area contributed by atoms with Crippen LogP contribution in [0.5, 0.6) is 0 Å². The molecule has 0 aliphatic heterocycles. The Morgan fingerprint density at radius 2 is 1.85 bits per heavy atom. The molecule has 0 heterocycles. The summed E-state index contributed by atoms with van der Waals surface area (Å²) in [5.74, 6) is -1.80. The van der Waals surface area contributed by atoms with Crippen LogP contribution in [0.15, 0.2) is 18.2 Å². The van der Waals surface area contributed by atoms with Crippen LogP contribution in [-0.2, 0) is 0 Å². The molecular formula is C10H10N4O6. The van der Waals surface area contributed by atoms with Crippen LogP contribution in [0.4, 0.5) is 0 Å². The van der Waals surface area contributed by atoms with Crippen molar-refractivity contribution in [1.29, 1.82) is 0 Å². The lowest BCUT2D eigenvalue weighted by molar-refractivity contribution is -0.625. The Hall–Kier alpha value is -3.04. The first-order chi connectivity index (χ1) is 9.23. The van der Waals surface area contributed by atoms with Crippen LogP contribution in [0.3, 0.4) is 0 Å². The maximum absolute atomic E-state index is 11.7. The molecule has 20 heavy (non-hydrogen) atoms. The Morgan fingerprint density at radius 1 is 1.25 bits per heavy atom. The summed E-state index contributed by atoms with van der Waals surface area (Å²) in [4.78, 5) is 43.8. The highest BCUT2D eigenvalue weighted by atomic mass is 16.7. The average Bonchev–Trinajstić information content (AvgIpc) is 2.35. The van der Waals surface area contributed by atoms with Gasteiger partial charge in [0.2, 0.25) is 0 Å². The minimum Gasteiger partial charge on any atom is -0.263 e.